The smallest absolute Gasteiger partial charge is 0.375 e. The zero-order valence-electron chi connectivity index (χ0n) is 8.33. The van der Waals surface area contributed by atoms with Crippen LogP contribution in [0.4, 0.5) is 0 Å². The van der Waals surface area contributed by atoms with Crippen LogP contribution >= 0.6 is 0 Å². The van der Waals surface area contributed by atoms with Crippen LogP contribution < -0.4 is 0 Å². The van der Waals surface area contributed by atoms with Crippen LogP contribution in [0.15, 0.2) is 0 Å². The first kappa shape index (κ1) is 10.7. The molecule has 14 heavy (non-hydrogen) atoms. The van der Waals surface area contributed by atoms with E-state index in [0.717, 1.165) is 6.92 Å². The normalized spacial score (nSPS) is 24.2. The number of hydrogen-bond acceptors (Lipinski definition) is 5. The average Bonchev–Trinajstić information content (AvgIpc) is 2.31. The van der Waals surface area contributed by atoms with Gasteiger partial charge in [-0.1, -0.05) is 13.8 Å². The van der Waals surface area contributed by atoms with Crippen molar-refractivity contribution in [3.05, 3.63) is 0 Å². The van der Waals surface area contributed by atoms with E-state index in [2.05, 4.69) is 0 Å². The lowest BCUT2D eigenvalue weighted by Gasteiger charge is -2.20. The molecule has 0 radical (unpaired) electrons. The maximum absolute atomic E-state index is 11.1. The molecule has 1 aliphatic rings. The predicted molar refractivity (Wildman–Crippen MR) is 45.3 cm³/mol. The van der Waals surface area contributed by atoms with Crippen molar-refractivity contribution < 1.29 is 23.9 Å². The number of hydrogen-bond donors (Lipinski definition) is 0. The summed E-state index contributed by atoms with van der Waals surface area (Å²) in [6.45, 7) is 4.75. The van der Waals surface area contributed by atoms with E-state index in [1.54, 1.807) is 13.8 Å². The fourth-order valence-corrected chi connectivity index (χ4v) is 1.13. The van der Waals surface area contributed by atoms with Crippen molar-refractivity contribution in [1.29, 1.82) is 0 Å². The highest BCUT2D eigenvalue weighted by molar-refractivity contribution is 6.32. The number of carbonyl (C=O) groups excluding carboxylic acids is 3. The van der Waals surface area contributed by atoms with Gasteiger partial charge in [-0.25, -0.2) is 9.59 Å². The van der Waals surface area contributed by atoms with E-state index in [-0.39, 0.29) is 6.61 Å². The lowest BCUT2D eigenvalue weighted by molar-refractivity contribution is -0.166. The SMILES string of the molecule is CC(=O)C(=O)O[C@H]1C(=O)OCC1(C)C. The highest BCUT2D eigenvalue weighted by atomic mass is 16.6. The molecule has 0 unspecified atom stereocenters. The van der Waals surface area contributed by atoms with Crippen LogP contribution in [-0.4, -0.2) is 30.4 Å². The third-order valence-electron chi connectivity index (χ3n) is 2.02. The molecule has 0 aromatic heterocycles. The number of rotatable bonds is 2. The van der Waals surface area contributed by atoms with Crippen LogP contribution in [-0.2, 0) is 23.9 Å². The Balaban J connectivity index is 2.72. The summed E-state index contributed by atoms with van der Waals surface area (Å²) in [6, 6.07) is 0. The molecular formula is C9H12O5. The number of ether oxygens (including phenoxy) is 2. The van der Waals surface area contributed by atoms with Crippen LogP contribution in [0.2, 0.25) is 0 Å². The molecule has 5 heteroatoms. The quantitative estimate of drug-likeness (QED) is 0.466. The first-order valence-corrected chi connectivity index (χ1v) is 4.23. The first-order chi connectivity index (χ1) is 6.34. The molecule has 0 aliphatic carbocycles. The Morgan fingerprint density at radius 1 is 1.50 bits per heavy atom. The molecule has 0 saturated carbocycles. The summed E-state index contributed by atoms with van der Waals surface area (Å²) in [6.07, 6.45) is -0.973. The summed E-state index contributed by atoms with van der Waals surface area (Å²) in [5, 5.41) is 0. The second kappa shape index (κ2) is 3.40. The van der Waals surface area contributed by atoms with Gasteiger partial charge in [-0.3, -0.25) is 4.79 Å². The number of cyclic esters (lactones) is 1. The van der Waals surface area contributed by atoms with Crippen LogP contribution in [0.3, 0.4) is 0 Å². The van der Waals surface area contributed by atoms with Crippen molar-refractivity contribution in [3.63, 3.8) is 0 Å². The third-order valence-corrected chi connectivity index (χ3v) is 2.02. The minimum Gasteiger partial charge on any atom is -0.462 e. The first-order valence-electron chi connectivity index (χ1n) is 4.23. The van der Waals surface area contributed by atoms with E-state index in [0.29, 0.717) is 0 Å². The molecule has 5 nitrogen and oxygen atoms in total. The Labute approximate surface area is 81.4 Å². The van der Waals surface area contributed by atoms with Gasteiger partial charge < -0.3 is 9.47 Å². The fourth-order valence-electron chi connectivity index (χ4n) is 1.13. The molecule has 0 spiro atoms. The van der Waals surface area contributed by atoms with Gasteiger partial charge in [0.25, 0.3) is 0 Å². The zero-order chi connectivity index (χ0) is 10.9. The maximum Gasteiger partial charge on any atom is 0.375 e. The standard InChI is InChI=1S/C9H12O5/c1-5(10)7(11)14-6-8(12)13-4-9(6,2)3/h6H,4H2,1-3H3/t6-/m0/s1. The van der Waals surface area contributed by atoms with Crippen molar-refractivity contribution in [2.24, 2.45) is 5.41 Å². The minimum atomic E-state index is -0.998. The average molecular weight is 200 g/mol. The monoisotopic (exact) mass is 200 g/mol. The maximum atomic E-state index is 11.1. The van der Waals surface area contributed by atoms with Crippen LogP contribution in [0, 0.1) is 5.41 Å². The highest BCUT2D eigenvalue weighted by Gasteiger charge is 2.46. The highest BCUT2D eigenvalue weighted by Crippen LogP contribution is 2.30. The van der Waals surface area contributed by atoms with E-state index in [9.17, 15) is 14.4 Å². The number of esters is 2. The predicted octanol–water partition coefficient (Wildman–Crippen LogP) is 0.0702. The Morgan fingerprint density at radius 3 is 2.43 bits per heavy atom. The van der Waals surface area contributed by atoms with E-state index < -0.39 is 29.2 Å². The van der Waals surface area contributed by atoms with E-state index in [1.807, 2.05) is 0 Å². The van der Waals surface area contributed by atoms with Gasteiger partial charge in [0.15, 0.2) is 0 Å². The van der Waals surface area contributed by atoms with Crippen molar-refractivity contribution in [1.82, 2.24) is 0 Å². The van der Waals surface area contributed by atoms with Gasteiger partial charge in [0.1, 0.15) is 6.61 Å². The third kappa shape index (κ3) is 1.92. The molecule has 78 valence electrons. The molecule has 1 heterocycles. The topological polar surface area (TPSA) is 69.7 Å². The lowest BCUT2D eigenvalue weighted by Crippen LogP contribution is -2.36. The molecular weight excluding hydrogens is 188 g/mol. The number of carbonyl (C=O) groups is 3. The van der Waals surface area contributed by atoms with Crippen LogP contribution in [0.1, 0.15) is 20.8 Å². The molecule has 0 aromatic rings. The number of ketones is 1. The zero-order valence-corrected chi connectivity index (χ0v) is 8.33. The van der Waals surface area contributed by atoms with Crippen LogP contribution in [0.5, 0.6) is 0 Å². The minimum absolute atomic E-state index is 0.196. The second-order valence-electron chi connectivity index (χ2n) is 3.94. The Morgan fingerprint density at radius 2 is 2.07 bits per heavy atom. The molecule has 1 aliphatic heterocycles. The second-order valence-corrected chi connectivity index (χ2v) is 3.94. The molecule has 0 bridgehead atoms. The van der Waals surface area contributed by atoms with Gasteiger partial charge in [-0.05, 0) is 0 Å². The summed E-state index contributed by atoms with van der Waals surface area (Å²) < 4.78 is 9.47. The van der Waals surface area contributed by atoms with Crippen molar-refractivity contribution >= 4 is 17.7 Å². The molecule has 0 aromatic carbocycles. The van der Waals surface area contributed by atoms with Crippen molar-refractivity contribution in [3.8, 4) is 0 Å². The summed E-state index contributed by atoms with van der Waals surface area (Å²) in [5.41, 5.74) is -0.567. The summed E-state index contributed by atoms with van der Waals surface area (Å²) in [5.74, 6) is -2.31. The molecule has 1 fully saturated rings. The van der Waals surface area contributed by atoms with Gasteiger partial charge in [0.2, 0.25) is 11.9 Å². The van der Waals surface area contributed by atoms with Gasteiger partial charge in [-0.15, -0.1) is 0 Å². The fraction of sp³-hybridized carbons (Fsp3) is 0.667. The Bertz CT molecular complexity index is 292. The summed E-state index contributed by atoms with van der Waals surface area (Å²) in [7, 11) is 0. The largest absolute Gasteiger partial charge is 0.462 e. The summed E-state index contributed by atoms with van der Waals surface area (Å²) >= 11 is 0. The van der Waals surface area contributed by atoms with Crippen molar-refractivity contribution in [2.75, 3.05) is 6.61 Å². The van der Waals surface area contributed by atoms with E-state index in [1.165, 1.54) is 0 Å². The molecule has 0 amide bonds. The van der Waals surface area contributed by atoms with Crippen LogP contribution in [0.25, 0.3) is 0 Å². The Hall–Kier alpha value is -1.39. The van der Waals surface area contributed by atoms with Gasteiger partial charge >= 0.3 is 11.9 Å². The molecule has 1 atom stereocenters. The molecule has 0 N–H and O–H groups in total. The lowest BCUT2D eigenvalue weighted by atomic mass is 9.90. The van der Waals surface area contributed by atoms with Crippen molar-refractivity contribution in [2.45, 2.75) is 26.9 Å². The van der Waals surface area contributed by atoms with Gasteiger partial charge in [-0.2, -0.15) is 0 Å². The van der Waals surface area contributed by atoms with Gasteiger partial charge in [0, 0.05) is 12.3 Å². The van der Waals surface area contributed by atoms with E-state index in [4.69, 9.17) is 9.47 Å². The Kier molecular flexibility index (Phi) is 2.59. The molecule has 1 saturated heterocycles. The van der Waals surface area contributed by atoms with E-state index >= 15 is 0 Å². The number of Topliss-reactive ketones (excluding diaryl/α,β-unsaturated/α-hetero) is 1. The summed E-state index contributed by atoms with van der Waals surface area (Å²) in [4.78, 5) is 32.7. The molecule has 1 rings (SSSR count). The van der Waals surface area contributed by atoms with Gasteiger partial charge in [0.05, 0.1) is 0 Å².